The fourth-order valence-electron chi connectivity index (χ4n) is 3.41. The summed E-state index contributed by atoms with van der Waals surface area (Å²) in [7, 11) is 0. The number of carbonyl (C=O) groups is 1. The molecule has 0 unspecified atom stereocenters. The lowest BCUT2D eigenvalue weighted by Gasteiger charge is -2.35. The highest BCUT2D eigenvalue weighted by molar-refractivity contribution is 6.08. The molecule has 0 atom stereocenters. The number of Topliss-reactive ketones (excluding diaryl/α,β-unsaturated/α-hetero) is 1. The fourth-order valence-corrected chi connectivity index (χ4v) is 3.41. The molecule has 1 aliphatic heterocycles. The van der Waals surface area contributed by atoms with Crippen LogP contribution in [0, 0.1) is 5.82 Å². The van der Waals surface area contributed by atoms with E-state index in [2.05, 4.69) is 14.8 Å². The summed E-state index contributed by atoms with van der Waals surface area (Å²) >= 11 is 0. The van der Waals surface area contributed by atoms with Gasteiger partial charge in [-0.1, -0.05) is 18.2 Å². The van der Waals surface area contributed by atoms with Crippen LogP contribution in [0.25, 0.3) is 10.9 Å². The van der Waals surface area contributed by atoms with Crippen LogP contribution >= 0.6 is 0 Å². The van der Waals surface area contributed by atoms with E-state index in [0.29, 0.717) is 6.54 Å². The van der Waals surface area contributed by atoms with E-state index in [1.54, 1.807) is 0 Å². The number of nitrogens with zero attached hydrogens (tertiary/aromatic N) is 2. The third-order valence-corrected chi connectivity index (χ3v) is 4.82. The van der Waals surface area contributed by atoms with Gasteiger partial charge >= 0.3 is 0 Å². The first-order chi connectivity index (χ1) is 12.2. The lowest BCUT2D eigenvalue weighted by atomic mass is 10.1. The van der Waals surface area contributed by atoms with E-state index in [4.69, 9.17) is 0 Å². The Morgan fingerprint density at radius 3 is 2.48 bits per heavy atom. The molecule has 0 saturated carbocycles. The largest absolute Gasteiger partial charge is 0.369 e. The molecule has 4 rings (SSSR count). The van der Waals surface area contributed by atoms with E-state index in [9.17, 15) is 9.18 Å². The molecule has 25 heavy (non-hydrogen) atoms. The number of hydrogen-bond donors (Lipinski definition) is 1. The Kier molecular flexibility index (Phi) is 4.24. The Labute approximate surface area is 145 Å². The highest BCUT2D eigenvalue weighted by Crippen LogP contribution is 2.20. The maximum absolute atomic E-state index is 13.0. The number of rotatable bonds is 4. The van der Waals surface area contributed by atoms with Crippen molar-refractivity contribution in [3.05, 3.63) is 66.1 Å². The van der Waals surface area contributed by atoms with Crippen LogP contribution in [0.1, 0.15) is 10.4 Å². The molecule has 2 aromatic carbocycles. The van der Waals surface area contributed by atoms with Gasteiger partial charge in [0.05, 0.1) is 6.54 Å². The molecule has 2 heterocycles. The second-order valence-corrected chi connectivity index (χ2v) is 6.41. The molecule has 128 valence electrons. The molecule has 0 bridgehead atoms. The summed E-state index contributed by atoms with van der Waals surface area (Å²) in [4.78, 5) is 20.2. The molecule has 3 aromatic rings. The van der Waals surface area contributed by atoms with Gasteiger partial charge < -0.3 is 9.88 Å². The minimum absolute atomic E-state index is 0.146. The fraction of sp³-hybridized carbons (Fsp3) is 0.250. The van der Waals surface area contributed by atoms with Crippen molar-refractivity contribution in [2.24, 2.45) is 0 Å². The van der Waals surface area contributed by atoms with Crippen molar-refractivity contribution in [3.63, 3.8) is 0 Å². The van der Waals surface area contributed by atoms with Crippen LogP contribution in [0.15, 0.2) is 54.7 Å². The quantitative estimate of drug-likeness (QED) is 0.743. The molecule has 1 aromatic heterocycles. The zero-order valence-corrected chi connectivity index (χ0v) is 13.9. The average molecular weight is 337 g/mol. The van der Waals surface area contributed by atoms with E-state index in [0.717, 1.165) is 48.3 Å². The Bertz CT molecular complexity index is 879. The lowest BCUT2D eigenvalue weighted by molar-refractivity contribution is 0.0928. The highest BCUT2D eigenvalue weighted by Gasteiger charge is 2.21. The molecule has 1 saturated heterocycles. The zero-order valence-electron chi connectivity index (χ0n) is 13.9. The maximum Gasteiger partial charge on any atom is 0.178 e. The number of para-hydroxylation sites is 1. The summed E-state index contributed by atoms with van der Waals surface area (Å²) in [6.07, 6.45) is 1.81. The summed E-state index contributed by atoms with van der Waals surface area (Å²) < 4.78 is 13.0. The van der Waals surface area contributed by atoms with Crippen molar-refractivity contribution in [1.29, 1.82) is 0 Å². The first-order valence-corrected chi connectivity index (χ1v) is 8.53. The van der Waals surface area contributed by atoms with Gasteiger partial charge in [0.1, 0.15) is 5.82 Å². The molecule has 1 N–H and O–H groups in total. The van der Waals surface area contributed by atoms with Crippen LogP contribution in [0.4, 0.5) is 10.1 Å². The van der Waals surface area contributed by atoms with E-state index in [1.807, 2.05) is 42.6 Å². The van der Waals surface area contributed by atoms with Crippen LogP contribution < -0.4 is 4.90 Å². The van der Waals surface area contributed by atoms with E-state index < -0.39 is 0 Å². The van der Waals surface area contributed by atoms with Crippen molar-refractivity contribution in [1.82, 2.24) is 9.88 Å². The van der Waals surface area contributed by atoms with Crippen LogP contribution in [0.2, 0.25) is 0 Å². The number of carbonyl (C=O) groups excluding carboxylic acids is 1. The summed E-state index contributed by atoms with van der Waals surface area (Å²) in [5, 5.41) is 0.984. The van der Waals surface area contributed by atoms with Gasteiger partial charge in [-0.25, -0.2) is 4.39 Å². The standard InChI is InChI=1S/C20H20FN3O/c21-15-5-7-16(8-6-15)24-11-9-23(10-12-24)14-20(25)18-13-22-19-4-2-1-3-17(18)19/h1-8,13,22H,9-12,14H2. The third-order valence-electron chi connectivity index (χ3n) is 4.82. The summed E-state index contributed by atoms with van der Waals surface area (Å²) in [6.45, 7) is 3.76. The minimum Gasteiger partial charge on any atom is -0.369 e. The van der Waals surface area contributed by atoms with Gasteiger partial charge in [0, 0.05) is 54.5 Å². The predicted octanol–water partition coefficient (Wildman–Crippen LogP) is 3.31. The maximum atomic E-state index is 13.0. The van der Waals surface area contributed by atoms with Gasteiger partial charge in [0.25, 0.3) is 0 Å². The van der Waals surface area contributed by atoms with Crippen molar-refractivity contribution in [2.45, 2.75) is 0 Å². The van der Waals surface area contributed by atoms with Crippen molar-refractivity contribution in [2.75, 3.05) is 37.6 Å². The van der Waals surface area contributed by atoms with Gasteiger partial charge in [-0.05, 0) is 30.3 Å². The summed E-state index contributed by atoms with van der Waals surface area (Å²) in [5.41, 5.74) is 2.78. The van der Waals surface area contributed by atoms with Gasteiger partial charge in [0.2, 0.25) is 0 Å². The lowest BCUT2D eigenvalue weighted by Crippen LogP contribution is -2.48. The predicted molar refractivity (Wildman–Crippen MR) is 97.7 cm³/mol. The monoisotopic (exact) mass is 337 g/mol. The molecule has 5 heteroatoms. The Morgan fingerprint density at radius 2 is 1.72 bits per heavy atom. The Morgan fingerprint density at radius 1 is 1.00 bits per heavy atom. The highest BCUT2D eigenvalue weighted by atomic mass is 19.1. The molecule has 1 fully saturated rings. The molecule has 0 amide bonds. The molecule has 0 aliphatic carbocycles. The van der Waals surface area contributed by atoms with Gasteiger partial charge in [-0.2, -0.15) is 0 Å². The second kappa shape index (κ2) is 6.69. The first-order valence-electron chi connectivity index (χ1n) is 8.53. The Balaban J connectivity index is 1.38. The zero-order chi connectivity index (χ0) is 17.2. The van der Waals surface area contributed by atoms with Gasteiger partial charge in [-0.3, -0.25) is 9.69 Å². The third kappa shape index (κ3) is 3.28. The molecule has 0 spiro atoms. The number of halogens is 1. The van der Waals surface area contributed by atoms with Gasteiger partial charge in [-0.15, -0.1) is 0 Å². The number of benzene rings is 2. The molecule has 1 aliphatic rings. The number of anilines is 1. The van der Waals surface area contributed by atoms with E-state index in [1.165, 1.54) is 12.1 Å². The van der Waals surface area contributed by atoms with Crippen LogP contribution in [-0.2, 0) is 0 Å². The van der Waals surface area contributed by atoms with E-state index >= 15 is 0 Å². The van der Waals surface area contributed by atoms with Crippen LogP contribution in [0.3, 0.4) is 0 Å². The minimum atomic E-state index is -0.216. The molecule has 0 radical (unpaired) electrons. The Hall–Kier alpha value is -2.66. The summed E-state index contributed by atoms with van der Waals surface area (Å²) in [5.74, 6) is -0.0700. The van der Waals surface area contributed by atoms with Crippen molar-refractivity contribution >= 4 is 22.4 Å². The van der Waals surface area contributed by atoms with Gasteiger partial charge in [0.15, 0.2) is 5.78 Å². The number of ketones is 1. The number of aromatic amines is 1. The first kappa shape index (κ1) is 15.8. The number of nitrogens with one attached hydrogen (secondary N) is 1. The van der Waals surface area contributed by atoms with Crippen LogP contribution in [0.5, 0.6) is 0 Å². The number of aromatic nitrogens is 1. The second-order valence-electron chi connectivity index (χ2n) is 6.41. The average Bonchev–Trinajstić information content (AvgIpc) is 3.07. The van der Waals surface area contributed by atoms with Crippen LogP contribution in [-0.4, -0.2) is 48.4 Å². The summed E-state index contributed by atoms with van der Waals surface area (Å²) in [6, 6.07) is 14.5. The molecular weight excluding hydrogens is 317 g/mol. The normalized spacial score (nSPS) is 15.6. The number of fused-ring (bicyclic) bond motifs is 1. The van der Waals surface area contributed by atoms with Crippen molar-refractivity contribution < 1.29 is 9.18 Å². The SMILES string of the molecule is O=C(CN1CCN(c2ccc(F)cc2)CC1)c1c[nH]c2ccccc12. The molecule has 4 nitrogen and oxygen atoms in total. The molecular formula is C20H20FN3O. The van der Waals surface area contributed by atoms with Crippen molar-refractivity contribution in [3.8, 4) is 0 Å². The topological polar surface area (TPSA) is 39.3 Å². The number of piperazine rings is 1. The van der Waals surface area contributed by atoms with E-state index in [-0.39, 0.29) is 11.6 Å². The number of H-pyrrole nitrogens is 1. The smallest absolute Gasteiger partial charge is 0.178 e. The number of hydrogen-bond acceptors (Lipinski definition) is 3.